The van der Waals surface area contributed by atoms with Crippen LogP contribution >= 0.6 is 35.7 Å². The molecular formula is C18H28F2IN3O2S. The number of methoxy groups -OCH3 is 1. The normalized spacial score (nSPS) is 19.6. The molecule has 1 saturated heterocycles. The van der Waals surface area contributed by atoms with E-state index in [4.69, 9.17) is 4.74 Å². The maximum atomic E-state index is 12.5. The highest BCUT2D eigenvalue weighted by Crippen LogP contribution is 2.36. The van der Waals surface area contributed by atoms with Gasteiger partial charge in [-0.15, -0.1) is 24.0 Å². The summed E-state index contributed by atoms with van der Waals surface area (Å²) in [6.07, 6.45) is 3.12. The average Bonchev–Trinajstić information content (AvgIpc) is 3.04. The van der Waals surface area contributed by atoms with Gasteiger partial charge < -0.3 is 20.1 Å². The number of alkyl halides is 2. The van der Waals surface area contributed by atoms with Crippen molar-refractivity contribution in [2.75, 3.05) is 33.0 Å². The Morgan fingerprint density at radius 1 is 1.33 bits per heavy atom. The largest absolute Gasteiger partial charge is 0.493 e. The number of hydrogen-bond acceptors (Lipinski definition) is 4. The Morgan fingerprint density at radius 3 is 2.70 bits per heavy atom. The number of benzene rings is 1. The lowest BCUT2D eigenvalue weighted by molar-refractivity contribution is -0.0512. The summed E-state index contributed by atoms with van der Waals surface area (Å²) in [5, 5.41) is 6.63. The zero-order valence-corrected chi connectivity index (χ0v) is 19.0. The van der Waals surface area contributed by atoms with Gasteiger partial charge in [-0.05, 0) is 49.6 Å². The molecular weight excluding hydrogens is 487 g/mol. The van der Waals surface area contributed by atoms with Crippen molar-refractivity contribution < 1.29 is 18.3 Å². The van der Waals surface area contributed by atoms with Crippen LogP contribution in [0.15, 0.2) is 23.2 Å². The van der Waals surface area contributed by atoms with Crippen LogP contribution in [-0.4, -0.2) is 50.3 Å². The SMILES string of the molecule is CN=C(NCCc1ccc(OC)c(OC(F)F)c1)NCC1(C)CCCS1.I. The monoisotopic (exact) mass is 515 g/mol. The third kappa shape index (κ3) is 7.89. The van der Waals surface area contributed by atoms with Gasteiger partial charge in [0.25, 0.3) is 0 Å². The van der Waals surface area contributed by atoms with Gasteiger partial charge in [0, 0.05) is 24.9 Å². The van der Waals surface area contributed by atoms with Crippen LogP contribution in [0.3, 0.4) is 0 Å². The van der Waals surface area contributed by atoms with Gasteiger partial charge in [0.15, 0.2) is 17.5 Å². The van der Waals surface area contributed by atoms with E-state index in [2.05, 4.69) is 27.3 Å². The van der Waals surface area contributed by atoms with Crippen molar-refractivity contribution in [1.29, 1.82) is 0 Å². The van der Waals surface area contributed by atoms with Gasteiger partial charge in [-0.1, -0.05) is 6.07 Å². The standard InChI is InChI=1S/C18H27F2N3O2S.HI/c1-18(8-4-10-26-18)12-23-17(21-2)22-9-7-13-5-6-14(24-3)15(11-13)25-16(19)20;/h5-6,11,16H,4,7-10,12H2,1-3H3,(H2,21,22,23);1H. The minimum absolute atomic E-state index is 0. The molecule has 1 heterocycles. The first-order chi connectivity index (χ1) is 12.5. The first kappa shape index (κ1) is 24.1. The van der Waals surface area contributed by atoms with Crippen LogP contribution in [0.2, 0.25) is 0 Å². The van der Waals surface area contributed by atoms with Crippen LogP contribution in [0, 0.1) is 0 Å². The predicted octanol–water partition coefficient (Wildman–Crippen LogP) is 3.91. The first-order valence-corrected chi connectivity index (χ1v) is 9.64. The summed E-state index contributed by atoms with van der Waals surface area (Å²) in [7, 11) is 3.16. The fourth-order valence-electron chi connectivity index (χ4n) is 2.86. The van der Waals surface area contributed by atoms with E-state index in [9.17, 15) is 8.78 Å². The molecule has 0 amide bonds. The fraction of sp³-hybridized carbons (Fsp3) is 0.611. The van der Waals surface area contributed by atoms with Crippen LogP contribution in [0.4, 0.5) is 8.78 Å². The Labute approximate surface area is 181 Å². The molecule has 1 aromatic rings. The third-order valence-electron chi connectivity index (χ3n) is 4.30. The van der Waals surface area contributed by atoms with Crippen molar-refractivity contribution in [1.82, 2.24) is 10.6 Å². The molecule has 27 heavy (non-hydrogen) atoms. The summed E-state index contributed by atoms with van der Waals surface area (Å²) in [5.74, 6) is 2.30. The van der Waals surface area contributed by atoms with Crippen LogP contribution in [0.1, 0.15) is 25.3 Å². The van der Waals surface area contributed by atoms with Crippen molar-refractivity contribution in [2.24, 2.45) is 4.99 Å². The molecule has 2 N–H and O–H groups in total. The molecule has 154 valence electrons. The third-order valence-corrected chi connectivity index (χ3v) is 5.84. The van der Waals surface area contributed by atoms with Gasteiger partial charge in [-0.25, -0.2) is 0 Å². The molecule has 0 saturated carbocycles. The number of nitrogens with one attached hydrogen (secondary N) is 2. The lowest BCUT2D eigenvalue weighted by atomic mass is 10.1. The molecule has 1 aliphatic rings. The highest BCUT2D eigenvalue weighted by atomic mass is 127. The van der Waals surface area contributed by atoms with Gasteiger partial charge in [0.2, 0.25) is 0 Å². The number of hydrogen-bond donors (Lipinski definition) is 2. The van der Waals surface area contributed by atoms with E-state index in [1.54, 1.807) is 19.2 Å². The van der Waals surface area contributed by atoms with E-state index < -0.39 is 6.61 Å². The highest BCUT2D eigenvalue weighted by molar-refractivity contribution is 14.0. The maximum absolute atomic E-state index is 12.5. The van der Waals surface area contributed by atoms with E-state index in [0.717, 1.165) is 18.1 Å². The Kier molecular flexibility index (Phi) is 10.5. The van der Waals surface area contributed by atoms with Gasteiger partial charge in [0.05, 0.1) is 7.11 Å². The molecule has 9 heteroatoms. The number of guanidine groups is 1. The van der Waals surface area contributed by atoms with E-state index >= 15 is 0 Å². The van der Waals surface area contributed by atoms with E-state index in [1.807, 2.05) is 17.8 Å². The molecule has 1 aromatic carbocycles. The Hall–Kier alpha value is -0.970. The molecule has 2 rings (SSSR count). The van der Waals surface area contributed by atoms with Gasteiger partial charge in [0.1, 0.15) is 0 Å². The Morgan fingerprint density at radius 2 is 2.11 bits per heavy atom. The Bertz CT molecular complexity index is 614. The molecule has 1 atom stereocenters. The number of ether oxygens (including phenoxy) is 2. The summed E-state index contributed by atoms with van der Waals surface area (Å²) >= 11 is 2.00. The van der Waals surface area contributed by atoms with Crippen LogP contribution in [0.25, 0.3) is 0 Å². The minimum Gasteiger partial charge on any atom is -0.493 e. The molecule has 0 spiro atoms. The zero-order chi connectivity index (χ0) is 19.0. The number of rotatable bonds is 8. The molecule has 1 fully saturated rings. The molecule has 0 bridgehead atoms. The first-order valence-electron chi connectivity index (χ1n) is 8.66. The van der Waals surface area contributed by atoms with Crippen LogP contribution < -0.4 is 20.1 Å². The summed E-state index contributed by atoms with van der Waals surface area (Å²) < 4.78 is 34.8. The topological polar surface area (TPSA) is 54.9 Å². The second-order valence-electron chi connectivity index (χ2n) is 6.37. The summed E-state index contributed by atoms with van der Waals surface area (Å²) in [6, 6.07) is 5.06. The van der Waals surface area contributed by atoms with Gasteiger partial charge in [-0.2, -0.15) is 20.5 Å². The van der Waals surface area contributed by atoms with Crippen molar-refractivity contribution in [3.05, 3.63) is 23.8 Å². The fourth-order valence-corrected chi connectivity index (χ4v) is 4.10. The molecule has 0 aromatic heterocycles. The van der Waals surface area contributed by atoms with E-state index in [0.29, 0.717) is 18.7 Å². The lowest BCUT2D eigenvalue weighted by Crippen LogP contribution is -2.44. The lowest BCUT2D eigenvalue weighted by Gasteiger charge is -2.24. The van der Waals surface area contributed by atoms with E-state index in [-0.39, 0.29) is 34.5 Å². The number of thioether (sulfide) groups is 1. The van der Waals surface area contributed by atoms with Gasteiger partial charge >= 0.3 is 6.61 Å². The maximum Gasteiger partial charge on any atom is 0.387 e. The number of halogens is 3. The van der Waals surface area contributed by atoms with E-state index in [1.165, 1.54) is 25.7 Å². The van der Waals surface area contributed by atoms with Crippen LogP contribution in [-0.2, 0) is 6.42 Å². The number of nitrogens with zero attached hydrogens (tertiary/aromatic N) is 1. The zero-order valence-electron chi connectivity index (χ0n) is 15.9. The molecule has 0 radical (unpaired) electrons. The van der Waals surface area contributed by atoms with Crippen molar-refractivity contribution in [3.8, 4) is 11.5 Å². The molecule has 5 nitrogen and oxygen atoms in total. The molecule has 1 aliphatic heterocycles. The Balaban J connectivity index is 0.00000364. The summed E-state index contributed by atoms with van der Waals surface area (Å²) in [6.45, 7) is 0.887. The highest BCUT2D eigenvalue weighted by Gasteiger charge is 2.29. The predicted molar refractivity (Wildman–Crippen MR) is 118 cm³/mol. The molecule has 0 aliphatic carbocycles. The summed E-state index contributed by atoms with van der Waals surface area (Å²) in [4.78, 5) is 4.24. The quantitative estimate of drug-likeness (QED) is 0.313. The van der Waals surface area contributed by atoms with Crippen molar-refractivity contribution >= 4 is 41.7 Å². The van der Waals surface area contributed by atoms with Crippen LogP contribution in [0.5, 0.6) is 11.5 Å². The molecule has 1 unspecified atom stereocenters. The van der Waals surface area contributed by atoms with Crippen molar-refractivity contribution in [3.63, 3.8) is 0 Å². The second-order valence-corrected chi connectivity index (χ2v) is 8.05. The minimum atomic E-state index is -2.88. The number of aliphatic imine (C=N–C) groups is 1. The second kappa shape index (κ2) is 11.8. The summed E-state index contributed by atoms with van der Waals surface area (Å²) in [5.41, 5.74) is 0.878. The van der Waals surface area contributed by atoms with Crippen molar-refractivity contribution in [2.45, 2.75) is 37.5 Å². The van der Waals surface area contributed by atoms with Gasteiger partial charge in [-0.3, -0.25) is 4.99 Å². The average molecular weight is 515 g/mol. The smallest absolute Gasteiger partial charge is 0.387 e.